The van der Waals surface area contributed by atoms with Crippen LogP contribution in [0.1, 0.15) is 25.3 Å². The summed E-state index contributed by atoms with van der Waals surface area (Å²) in [7, 11) is 1.64. The highest BCUT2D eigenvalue weighted by Crippen LogP contribution is 2.12. The monoisotopic (exact) mass is 198 g/mol. The first-order valence-corrected chi connectivity index (χ1v) is 4.99. The summed E-state index contributed by atoms with van der Waals surface area (Å²) in [6, 6.07) is 1.86. The third kappa shape index (κ3) is 3.16. The van der Waals surface area contributed by atoms with Crippen molar-refractivity contribution in [3.8, 4) is 0 Å². The third-order valence-electron chi connectivity index (χ3n) is 2.33. The molecule has 0 saturated carbocycles. The summed E-state index contributed by atoms with van der Waals surface area (Å²) in [5, 5.41) is 9.85. The van der Waals surface area contributed by atoms with Crippen molar-refractivity contribution in [1.82, 2.24) is 0 Å². The van der Waals surface area contributed by atoms with Gasteiger partial charge in [-0.2, -0.15) is 0 Å². The van der Waals surface area contributed by atoms with Gasteiger partial charge in [0.2, 0.25) is 0 Å². The van der Waals surface area contributed by atoms with E-state index in [9.17, 15) is 5.11 Å². The first-order chi connectivity index (χ1) is 6.77. The van der Waals surface area contributed by atoms with Crippen molar-refractivity contribution in [3.63, 3.8) is 0 Å². The Kier molecular flexibility index (Phi) is 4.70. The first kappa shape index (κ1) is 11.3. The molecule has 0 saturated heterocycles. The van der Waals surface area contributed by atoms with Crippen molar-refractivity contribution < 1.29 is 14.3 Å². The lowest BCUT2D eigenvalue weighted by Crippen LogP contribution is -2.29. The van der Waals surface area contributed by atoms with Gasteiger partial charge in [-0.25, -0.2) is 0 Å². The zero-order valence-electron chi connectivity index (χ0n) is 8.77. The molecule has 1 rings (SSSR count). The predicted octanol–water partition coefficient (Wildman–Crippen LogP) is 2.00. The normalized spacial score (nSPS) is 15.4. The van der Waals surface area contributed by atoms with E-state index in [0.29, 0.717) is 6.42 Å². The number of ether oxygens (including phenoxy) is 1. The number of methoxy groups -OCH3 is 1. The lowest BCUT2D eigenvalue weighted by Gasteiger charge is -2.20. The average Bonchev–Trinajstić information content (AvgIpc) is 2.66. The van der Waals surface area contributed by atoms with Crippen LogP contribution in [0, 0.1) is 0 Å². The number of rotatable bonds is 6. The molecule has 0 aromatic carbocycles. The van der Waals surface area contributed by atoms with Crippen LogP contribution in [0.2, 0.25) is 0 Å². The van der Waals surface area contributed by atoms with E-state index in [1.54, 1.807) is 19.6 Å². The van der Waals surface area contributed by atoms with Crippen LogP contribution in [0.4, 0.5) is 0 Å². The van der Waals surface area contributed by atoms with Gasteiger partial charge in [-0.3, -0.25) is 0 Å². The number of furan rings is 1. The molecule has 0 bridgehead atoms. The molecule has 2 unspecified atom stereocenters. The standard InChI is InChI=1S/C11H18O3/c1-3-4-11(13-2)10(12)7-9-5-6-14-8-9/h5-6,8,10-12H,3-4,7H2,1-2H3. The minimum absolute atomic E-state index is 0.0742. The molecule has 0 amide bonds. The molecule has 1 aromatic rings. The molecule has 0 spiro atoms. The second-order valence-electron chi connectivity index (χ2n) is 3.47. The highest BCUT2D eigenvalue weighted by Gasteiger charge is 2.18. The summed E-state index contributed by atoms with van der Waals surface area (Å²) in [6.07, 6.45) is 5.24. The molecular formula is C11H18O3. The molecule has 80 valence electrons. The van der Waals surface area contributed by atoms with Gasteiger partial charge in [0, 0.05) is 13.5 Å². The Morgan fingerprint density at radius 3 is 2.86 bits per heavy atom. The van der Waals surface area contributed by atoms with Gasteiger partial charge < -0.3 is 14.3 Å². The van der Waals surface area contributed by atoms with Crippen molar-refractivity contribution in [2.75, 3.05) is 7.11 Å². The maximum atomic E-state index is 9.85. The molecule has 14 heavy (non-hydrogen) atoms. The Balaban J connectivity index is 2.43. The van der Waals surface area contributed by atoms with Crippen molar-refractivity contribution in [1.29, 1.82) is 0 Å². The van der Waals surface area contributed by atoms with Gasteiger partial charge in [0.1, 0.15) is 0 Å². The highest BCUT2D eigenvalue weighted by atomic mass is 16.5. The number of aliphatic hydroxyl groups excluding tert-OH is 1. The fourth-order valence-corrected chi connectivity index (χ4v) is 1.53. The second kappa shape index (κ2) is 5.83. The maximum Gasteiger partial charge on any atom is 0.0935 e. The zero-order valence-corrected chi connectivity index (χ0v) is 8.77. The van der Waals surface area contributed by atoms with Crippen molar-refractivity contribution >= 4 is 0 Å². The van der Waals surface area contributed by atoms with Gasteiger partial charge in [-0.05, 0) is 18.1 Å². The van der Waals surface area contributed by atoms with E-state index in [2.05, 4.69) is 6.92 Å². The average molecular weight is 198 g/mol. The fraction of sp³-hybridized carbons (Fsp3) is 0.636. The largest absolute Gasteiger partial charge is 0.472 e. The van der Waals surface area contributed by atoms with Crippen LogP contribution in [0.15, 0.2) is 23.0 Å². The van der Waals surface area contributed by atoms with Crippen LogP contribution in [0.3, 0.4) is 0 Å². The van der Waals surface area contributed by atoms with Gasteiger partial charge in [-0.15, -0.1) is 0 Å². The van der Waals surface area contributed by atoms with Gasteiger partial charge >= 0.3 is 0 Å². The molecular weight excluding hydrogens is 180 g/mol. The van der Waals surface area contributed by atoms with Gasteiger partial charge in [0.05, 0.1) is 24.7 Å². The molecule has 1 N–H and O–H groups in total. The van der Waals surface area contributed by atoms with Crippen LogP contribution in [-0.2, 0) is 11.2 Å². The summed E-state index contributed by atoms with van der Waals surface area (Å²) in [6.45, 7) is 2.08. The highest BCUT2D eigenvalue weighted by molar-refractivity contribution is 5.07. The van der Waals surface area contributed by atoms with Crippen molar-refractivity contribution in [2.24, 2.45) is 0 Å². The Morgan fingerprint density at radius 2 is 2.36 bits per heavy atom. The van der Waals surface area contributed by atoms with E-state index in [1.807, 2.05) is 6.07 Å². The second-order valence-corrected chi connectivity index (χ2v) is 3.47. The van der Waals surface area contributed by atoms with Crippen molar-refractivity contribution in [2.45, 2.75) is 38.4 Å². The minimum Gasteiger partial charge on any atom is -0.472 e. The molecule has 1 aromatic heterocycles. The molecule has 2 atom stereocenters. The zero-order chi connectivity index (χ0) is 10.4. The first-order valence-electron chi connectivity index (χ1n) is 4.99. The molecule has 0 aliphatic heterocycles. The maximum absolute atomic E-state index is 9.85. The third-order valence-corrected chi connectivity index (χ3v) is 2.33. The number of hydrogen-bond acceptors (Lipinski definition) is 3. The summed E-state index contributed by atoms with van der Waals surface area (Å²) >= 11 is 0. The van der Waals surface area contributed by atoms with Crippen molar-refractivity contribution in [3.05, 3.63) is 24.2 Å². The van der Waals surface area contributed by atoms with Crippen LogP contribution >= 0.6 is 0 Å². The van der Waals surface area contributed by atoms with E-state index >= 15 is 0 Å². The topological polar surface area (TPSA) is 42.6 Å². The Bertz CT molecular complexity index is 231. The molecule has 3 heteroatoms. The van der Waals surface area contributed by atoms with E-state index < -0.39 is 6.10 Å². The lowest BCUT2D eigenvalue weighted by molar-refractivity contribution is -0.0159. The van der Waals surface area contributed by atoms with Gasteiger partial charge in [0.25, 0.3) is 0 Å². The molecule has 0 aliphatic carbocycles. The van der Waals surface area contributed by atoms with E-state index in [4.69, 9.17) is 9.15 Å². The van der Waals surface area contributed by atoms with E-state index in [1.165, 1.54) is 0 Å². The number of aliphatic hydroxyl groups is 1. The minimum atomic E-state index is -0.447. The smallest absolute Gasteiger partial charge is 0.0935 e. The predicted molar refractivity (Wildman–Crippen MR) is 54.1 cm³/mol. The summed E-state index contributed by atoms with van der Waals surface area (Å²) < 4.78 is 10.2. The van der Waals surface area contributed by atoms with Gasteiger partial charge in [-0.1, -0.05) is 13.3 Å². The lowest BCUT2D eigenvalue weighted by atomic mass is 10.0. The fourth-order valence-electron chi connectivity index (χ4n) is 1.53. The van der Waals surface area contributed by atoms with Crippen LogP contribution < -0.4 is 0 Å². The molecule has 3 nitrogen and oxygen atoms in total. The molecule has 0 fully saturated rings. The van der Waals surface area contributed by atoms with E-state index in [-0.39, 0.29) is 6.10 Å². The Hall–Kier alpha value is -0.800. The Morgan fingerprint density at radius 1 is 1.57 bits per heavy atom. The van der Waals surface area contributed by atoms with Crippen LogP contribution in [-0.4, -0.2) is 24.4 Å². The molecule has 0 radical (unpaired) electrons. The van der Waals surface area contributed by atoms with Crippen LogP contribution in [0.5, 0.6) is 0 Å². The van der Waals surface area contributed by atoms with Crippen LogP contribution in [0.25, 0.3) is 0 Å². The Labute approximate surface area is 84.7 Å². The van der Waals surface area contributed by atoms with E-state index in [0.717, 1.165) is 18.4 Å². The molecule has 0 aliphatic rings. The number of hydrogen-bond donors (Lipinski definition) is 1. The van der Waals surface area contributed by atoms with Gasteiger partial charge in [0.15, 0.2) is 0 Å². The summed E-state index contributed by atoms with van der Waals surface area (Å²) in [5.74, 6) is 0. The SMILES string of the molecule is CCCC(OC)C(O)Cc1ccoc1. The summed E-state index contributed by atoms with van der Waals surface area (Å²) in [5.41, 5.74) is 1.01. The quantitative estimate of drug-likeness (QED) is 0.760. The molecule has 1 heterocycles. The summed E-state index contributed by atoms with van der Waals surface area (Å²) in [4.78, 5) is 0.